The van der Waals surface area contributed by atoms with Crippen LogP contribution in [0, 0.1) is 17.5 Å². The molecular weight excluding hydrogens is 323 g/mol. The minimum atomic E-state index is -1.28. The Balaban J connectivity index is 1.82. The van der Waals surface area contributed by atoms with Gasteiger partial charge in [0.1, 0.15) is 11.9 Å². The molecule has 2 rings (SSSR count). The first-order valence-corrected chi connectivity index (χ1v) is 7.75. The van der Waals surface area contributed by atoms with Crippen molar-refractivity contribution in [1.82, 2.24) is 10.6 Å². The largest absolute Gasteiger partial charge is 0.352 e. The molecule has 1 aromatic rings. The summed E-state index contributed by atoms with van der Waals surface area (Å²) < 4.78 is 39.6. The third-order valence-corrected chi connectivity index (χ3v) is 3.71. The second-order valence-corrected chi connectivity index (χ2v) is 6.10. The predicted octanol–water partition coefficient (Wildman–Crippen LogP) is 1.15. The molecule has 1 saturated carbocycles. The molecule has 8 heteroatoms. The van der Waals surface area contributed by atoms with E-state index in [1.807, 2.05) is 0 Å². The van der Waals surface area contributed by atoms with Crippen LogP contribution in [-0.2, 0) is 16.0 Å². The highest BCUT2D eigenvalue weighted by molar-refractivity contribution is 5.87. The molecule has 0 radical (unpaired) electrons. The average Bonchev–Trinajstić information content (AvgIpc) is 3.28. The minimum Gasteiger partial charge on any atom is -0.352 e. The fraction of sp³-hybridized carbons (Fsp3) is 0.500. The molecule has 0 bridgehead atoms. The standard InChI is InChI=1S/C16H20F3N3O2/c1-8(16(24)22-11-2-3-11)21-15(23)6-10(20)4-9-5-13(18)14(19)7-12(9)17/h5,7-8,10-11H,2-4,6,20H2,1H3,(H,21,23)(H,22,24)/t8?,10-/m1/s1. The first-order chi connectivity index (χ1) is 11.3. The molecule has 4 N–H and O–H groups in total. The van der Waals surface area contributed by atoms with Crippen molar-refractivity contribution in [2.24, 2.45) is 5.73 Å². The van der Waals surface area contributed by atoms with Crippen molar-refractivity contribution < 1.29 is 22.8 Å². The Morgan fingerprint density at radius 2 is 1.83 bits per heavy atom. The van der Waals surface area contributed by atoms with Crippen molar-refractivity contribution in [2.75, 3.05) is 0 Å². The number of halogens is 3. The van der Waals surface area contributed by atoms with Gasteiger partial charge in [-0.1, -0.05) is 0 Å². The Morgan fingerprint density at radius 3 is 2.46 bits per heavy atom. The van der Waals surface area contributed by atoms with Gasteiger partial charge in [0, 0.05) is 24.6 Å². The zero-order valence-electron chi connectivity index (χ0n) is 13.2. The van der Waals surface area contributed by atoms with Gasteiger partial charge in [0.05, 0.1) is 0 Å². The van der Waals surface area contributed by atoms with Gasteiger partial charge in [-0.05, 0) is 37.8 Å². The van der Waals surface area contributed by atoms with E-state index >= 15 is 0 Å². The maximum Gasteiger partial charge on any atom is 0.242 e. The van der Waals surface area contributed by atoms with Crippen LogP contribution in [0.2, 0.25) is 0 Å². The summed E-state index contributed by atoms with van der Waals surface area (Å²) in [5.74, 6) is -4.11. The summed E-state index contributed by atoms with van der Waals surface area (Å²) in [6.45, 7) is 1.55. The molecule has 132 valence electrons. The molecule has 24 heavy (non-hydrogen) atoms. The number of hydrogen-bond donors (Lipinski definition) is 3. The van der Waals surface area contributed by atoms with Crippen molar-refractivity contribution in [2.45, 2.75) is 50.7 Å². The van der Waals surface area contributed by atoms with E-state index in [9.17, 15) is 22.8 Å². The van der Waals surface area contributed by atoms with E-state index in [1.165, 1.54) is 0 Å². The summed E-state index contributed by atoms with van der Waals surface area (Å²) in [6.07, 6.45) is 1.59. The number of nitrogens with two attached hydrogens (primary N) is 1. The van der Waals surface area contributed by atoms with Crippen LogP contribution in [0.1, 0.15) is 31.7 Å². The molecule has 1 unspecified atom stereocenters. The van der Waals surface area contributed by atoms with Crippen LogP contribution < -0.4 is 16.4 Å². The molecule has 0 aliphatic heterocycles. The second kappa shape index (κ2) is 7.65. The van der Waals surface area contributed by atoms with Crippen LogP contribution in [0.25, 0.3) is 0 Å². The number of nitrogens with one attached hydrogen (secondary N) is 2. The highest BCUT2D eigenvalue weighted by Gasteiger charge is 2.26. The van der Waals surface area contributed by atoms with Crippen LogP contribution in [0.15, 0.2) is 12.1 Å². The summed E-state index contributed by atoms with van der Waals surface area (Å²) in [6, 6.07) is -0.126. The van der Waals surface area contributed by atoms with E-state index in [0.717, 1.165) is 18.9 Å². The zero-order chi connectivity index (χ0) is 17.9. The monoisotopic (exact) mass is 343 g/mol. The number of amides is 2. The molecule has 1 aromatic carbocycles. The van der Waals surface area contributed by atoms with Crippen LogP contribution in [-0.4, -0.2) is 29.9 Å². The summed E-state index contributed by atoms with van der Waals surface area (Å²) in [7, 11) is 0. The van der Waals surface area contributed by atoms with E-state index in [4.69, 9.17) is 5.73 Å². The Bertz CT molecular complexity index is 635. The lowest BCUT2D eigenvalue weighted by atomic mass is 10.0. The molecule has 0 heterocycles. The maximum absolute atomic E-state index is 13.6. The molecule has 2 amide bonds. The molecule has 2 atom stereocenters. The number of carbonyl (C=O) groups is 2. The van der Waals surface area contributed by atoms with Gasteiger partial charge >= 0.3 is 0 Å². The number of carbonyl (C=O) groups excluding carboxylic acids is 2. The van der Waals surface area contributed by atoms with E-state index in [2.05, 4.69) is 10.6 Å². The third-order valence-electron chi connectivity index (χ3n) is 3.71. The summed E-state index contributed by atoms with van der Waals surface area (Å²) >= 11 is 0. The smallest absolute Gasteiger partial charge is 0.242 e. The minimum absolute atomic E-state index is 0.103. The Hall–Kier alpha value is -2.09. The Morgan fingerprint density at radius 1 is 1.21 bits per heavy atom. The van der Waals surface area contributed by atoms with Gasteiger partial charge in [-0.3, -0.25) is 9.59 Å². The molecular formula is C16H20F3N3O2. The highest BCUT2D eigenvalue weighted by Crippen LogP contribution is 2.18. The molecule has 1 fully saturated rings. The molecule has 0 aromatic heterocycles. The summed E-state index contributed by atoms with van der Waals surface area (Å²) in [5, 5.41) is 5.27. The van der Waals surface area contributed by atoms with E-state index < -0.39 is 35.4 Å². The van der Waals surface area contributed by atoms with Gasteiger partial charge in [-0.2, -0.15) is 0 Å². The lowest BCUT2D eigenvalue weighted by Gasteiger charge is -2.16. The first kappa shape index (κ1) is 18.3. The van der Waals surface area contributed by atoms with Crippen molar-refractivity contribution in [3.8, 4) is 0 Å². The summed E-state index contributed by atoms with van der Waals surface area (Å²) in [5.41, 5.74) is 5.66. The second-order valence-electron chi connectivity index (χ2n) is 6.10. The van der Waals surface area contributed by atoms with Crippen molar-refractivity contribution >= 4 is 11.8 Å². The van der Waals surface area contributed by atoms with E-state index in [0.29, 0.717) is 6.07 Å². The number of hydrogen-bond acceptors (Lipinski definition) is 3. The number of benzene rings is 1. The Labute approximate surface area is 137 Å². The van der Waals surface area contributed by atoms with Crippen molar-refractivity contribution in [3.63, 3.8) is 0 Å². The Kier molecular flexibility index (Phi) is 5.82. The van der Waals surface area contributed by atoms with Gasteiger partial charge in [-0.15, -0.1) is 0 Å². The van der Waals surface area contributed by atoms with Crippen LogP contribution in [0.5, 0.6) is 0 Å². The SMILES string of the molecule is CC(NC(=O)C[C@H](N)Cc1cc(F)c(F)cc1F)C(=O)NC1CC1. The quantitative estimate of drug-likeness (QED) is 0.649. The van der Waals surface area contributed by atoms with Crippen LogP contribution in [0.3, 0.4) is 0 Å². The number of rotatable bonds is 7. The first-order valence-electron chi connectivity index (χ1n) is 7.75. The van der Waals surface area contributed by atoms with Crippen LogP contribution >= 0.6 is 0 Å². The molecule has 0 spiro atoms. The summed E-state index contributed by atoms with van der Waals surface area (Å²) in [4.78, 5) is 23.6. The van der Waals surface area contributed by atoms with Crippen molar-refractivity contribution in [3.05, 3.63) is 35.1 Å². The molecule has 1 aliphatic rings. The van der Waals surface area contributed by atoms with Crippen molar-refractivity contribution in [1.29, 1.82) is 0 Å². The maximum atomic E-state index is 13.6. The third kappa shape index (κ3) is 5.23. The van der Waals surface area contributed by atoms with Gasteiger partial charge in [0.25, 0.3) is 0 Å². The topological polar surface area (TPSA) is 84.2 Å². The molecule has 1 aliphatic carbocycles. The van der Waals surface area contributed by atoms with Gasteiger partial charge in [0.15, 0.2) is 11.6 Å². The molecule has 5 nitrogen and oxygen atoms in total. The van der Waals surface area contributed by atoms with Gasteiger partial charge in [-0.25, -0.2) is 13.2 Å². The highest BCUT2D eigenvalue weighted by atomic mass is 19.2. The normalized spacial score (nSPS) is 16.4. The lowest BCUT2D eigenvalue weighted by Crippen LogP contribution is -2.46. The average molecular weight is 343 g/mol. The van der Waals surface area contributed by atoms with Gasteiger partial charge < -0.3 is 16.4 Å². The fourth-order valence-electron chi connectivity index (χ4n) is 2.23. The predicted molar refractivity (Wildman–Crippen MR) is 81.4 cm³/mol. The van der Waals surface area contributed by atoms with Gasteiger partial charge in [0.2, 0.25) is 11.8 Å². The van der Waals surface area contributed by atoms with E-state index in [-0.39, 0.29) is 30.4 Å². The lowest BCUT2D eigenvalue weighted by molar-refractivity contribution is -0.128. The molecule has 0 saturated heterocycles. The van der Waals surface area contributed by atoms with E-state index in [1.54, 1.807) is 6.92 Å². The van der Waals surface area contributed by atoms with Crippen LogP contribution in [0.4, 0.5) is 13.2 Å². The fourth-order valence-corrected chi connectivity index (χ4v) is 2.23. The zero-order valence-corrected chi connectivity index (χ0v) is 13.2.